The van der Waals surface area contributed by atoms with Gasteiger partial charge in [-0.2, -0.15) is 0 Å². The van der Waals surface area contributed by atoms with E-state index in [0.717, 1.165) is 18.7 Å². The zero-order valence-corrected chi connectivity index (χ0v) is 13.3. The van der Waals surface area contributed by atoms with Crippen molar-refractivity contribution in [2.24, 2.45) is 0 Å². The van der Waals surface area contributed by atoms with Crippen LogP contribution in [-0.4, -0.2) is 9.55 Å². The van der Waals surface area contributed by atoms with Gasteiger partial charge in [-0.1, -0.05) is 36.8 Å². The van der Waals surface area contributed by atoms with Crippen LogP contribution < -0.4 is 0 Å². The highest BCUT2D eigenvalue weighted by atomic mass is 15.0. The van der Waals surface area contributed by atoms with E-state index in [4.69, 9.17) is 0 Å². The third-order valence-electron chi connectivity index (χ3n) is 4.32. The van der Waals surface area contributed by atoms with Crippen molar-refractivity contribution in [1.82, 2.24) is 9.55 Å². The van der Waals surface area contributed by atoms with E-state index in [0.29, 0.717) is 0 Å². The van der Waals surface area contributed by atoms with Gasteiger partial charge in [0.15, 0.2) is 0 Å². The highest BCUT2D eigenvalue weighted by Crippen LogP contribution is 2.32. The molecular weight excluding hydrogens is 256 g/mol. The standard InChI is InChI=1S/C19H22N2/c1-5-12-21-15(4)14(3)17-10-11-20-18(19(17)21)16-8-6-13(2)7-9-16/h6-11H,5,12H2,1-4H3. The van der Waals surface area contributed by atoms with Gasteiger partial charge in [-0.05, 0) is 38.8 Å². The van der Waals surface area contributed by atoms with Crippen molar-refractivity contribution in [3.63, 3.8) is 0 Å². The fourth-order valence-electron chi connectivity index (χ4n) is 3.02. The van der Waals surface area contributed by atoms with Gasteiger partial charge in [0.05, 0.1) is 11.2 Å². The maximum Gasteiger partial charge on any atom is 0.0944 e. The third-order valence-corrected chi connectivity index (χ3v) is 4.32. The van der Waals surface area contributed by atoms with Crippen LogP contribution in [0.25, 0.3) is 22.2 Å². The summed E-state index contributed by atoms with van der Waals surface area (Å²) in [5, 5.41) is 1.33. The SMILES string of the molecule is CCCn1c(C)c(C)c2ccnc(-c3ccc(C)cc3)c21. The largest absolute Gasteiger partial charge is 0.343 e. The summed E-state index contributed by atoms with van der Waals surface area (Å²) < 4.78 is 2.42. The molecule has 0 atom stereocenters. The Bertz CT molecular complexity index is 779. The number of rotatable bonds is 3. The van der Waals surface area contributed by atoms with Gasteiger partial charge in [0.25, 0.3) is 0 Å². The minimum atomic E-state index is 1.04. The maximum absolute atomic E-state index is 4.68. The first kappa shape index (κ1) is 13.9. The normalized spacial score (nSPS) is 11.2. The van der Waals surface area contributed by atoms with Gasteiger partial charge < -0.3 is 4.57 Å². The number of aryl methyl sites for hydroxylation is 3. The van der Waals surface area contributed by atoms with Crippen molar-refractivity contribution < 1.29 is 0 Å². The zero-order chi connectivity index (χ0) is 15.0. The number of hydrogen-bond donors (Lipinski definition) is 0. The van der Waals surface area contributed by atoms with Crippen molar-refractivity contribution in [3.8, 4) is 11.3 Å². The molecule has 3 aromatic rings. The molecule has 3 rings (SSSR count). The summed E-state index contributed by atoms with van der Waals surface area (Å²) >= 11 is 0. The minimum absolute atomic E-state index is 1.04. The molecule has 0 fully saturated rings. The fraction of sp³-hybridized carbons (Fsp3) is 0.316. The minimum Gasteiger partial charge on any atom is -0.343 e. The van der Waals surface area contributed by atoms with Gasteiger partial charge in [0, 0.05) is 29.4 Å². The van der Waals surface area contributed by atoms with E-state index in [1.54, 1.807) is 0 Å². The topological polar surface area (TPSA) is 17.8 Å². The molecule has 0 saturated heterocycles. The van der Waals surface area contributed by atoms with Crippen LogP contribution in [0.15, 0.2) is 36.5 Å². The van der Waals surface area contributed by atoms with Crippen LogP contribution in [0.2, 0.25) is 0 Å². The lowest BCUT2D eigenvalue weighted by Crippen LogP contribution is -2.01. The molecule has 0 radical (unpaired) electrons. The molecule has 0 saturated carbocycles. The molecule has 2 nitrogen and oxygen atoms in total. The van der Waals surface area contributed by atoms with E-state index in [1.165, 1.54) is 33.3 Å². The Hall–Kier alpha value is -2.09. The van der Waals surface area contributed by atoms with Gasteiger partial charge >= 0.3 is 0 Å². The zero-order valence-electron chi connectivity index (χ0n) is 13.3. The molecular formula is C19H22N2. The van der Waals surface area contributed by atoms with Gasteiger partial charge in [-0.15, -0.1) is 0 Å². The van der Waals surface area contributed by atoms with Crippen molar-refractivity contribution >= 4 is 10.9 Å². The Labute approximate surface area is 126 Å². The number of aromatic nitrogens is 2. The lowest BCUT2D eigenvalue weighted by molar-refractivity contribution is 0.683. The van der Waals surface area contributed by atoms with E-state index in [1.807, 2.05) is 6.20 Å². The van der Waals surface area contributed by atoms with Crippen molar-refractivity contribution in [3.05, 3.63) is 53.3 Å². The average molecular weight is 278 g/mol. The highest BCUT2D eigenvalue weighted by molar-refractivity contribution is 5.95. The van der Waals surface area contributed by atoms with E-state index < -0.39 is 0 Å². The molecule has 2 heterocycles. The first-order valence-corrected chi connectivity index (χ1v) is 7.65. The number of fused-ring (bicyclic) bond motifs is 1. The van der Waals surface area contributed by atoms with E-state index in [-0.39, 0.29) is 0 Å². The monoisotopic (exact) mass is 278 g/mol. The molecule has 1 aromatic carbocycles. The highest BCUT2D eigenvalue weighted by Gasteiger charge is 2.15. The molecule has 0 amide bonds. The van der Waals surface area contributed by atoms with Crippen LogP contribution in [-0.2, 0) is 6.54 Å². The second-order valence-corrected chi connectivity index (χ2v) is 5.78. The van der Waals surface area contributed by atoms with Gasteiger partial charge in [0.2, 0.25) is 0 Å². The number of hydrogen-bond acceptors (Lipinski definition) is 1. The quantitative estimate of drug-likeness (QED) is 0.656. The maximum atomic E-state index is 4.68. The fourth-order valence-corrected chi connectivity index (χ4v) is 3.02. The Morgan fingerprint density at radius 3 is 2.38 bits per heavy atom. The Balaban J connectivity index is 2.32. The lowest BCUT2D eigenvalue weighted by Gasteiger charge is -2.10. The first-order valence-electron chi connectivity index (χ1n) is 7.65. The van der Waals surface area contributed by atoms with Crippen LogP contribution in [0.5, 0.6) is 0 Å². The smallest absolute Gasteiger partial charge is 0.0944 e. The molecule has 108 valence electrons. The van der Waals surface area contributed by atoms with E-state index >= 15 is 0 Å². The Kier molecular flexibility index (Phi) is 3.54. The molecule has 0 aliphatic carbocycles. The molecule has 0 aliphatic heterocycles. The molecule has 0 N–H and O–H groups in total. The number of nitrogens with zero attached hydrogens (tertiary/aromatic N) is 2. The summed E-state index contributed by atoms with van der Waals surface area (Å²) in [6.45, 7) is 9.81. The van der Waals surface area contributed by atoms with Crippen LogP contribution >= 0.6 is 0 Å². The van der Waals surface area contributed by atoms with Gasteiger partial charge in [-0.3, -0.25) is 4.98 Å². The van der Waals surface area contributed by atoms with Crippen LogP contribution in [0, 0.1) is 20.8 Å². The molecule has 0 unspecified atom stereocenters. The first-order chi connectivity index (χ1) is 10.1. The van der Waals surface area contributed by atoms with Crippen LogP contribution in [0.3, 0.4) is 0 Å². The summed E-state index contributed by atoms with van der Waals surface area (Å²) in [5.74, 6) is 0. The Morgan fingerprint density at radius 1 is 1.00 bits per heavy atom. The Morgan fingerprint density at radius 2 is 1.71 bits per heavy atom. The van der Waals surface area contributed by atoms with Crippen molar-refractivity contribution in [2.45, 2.75) is 40.7 Å². The second-order valence-electron chi connectivity index (χ2n) is 5.78. The van der Waals surface area contributed by atoms with Crippen LogP contribution in [0.4, 0.5) is 0 Å². The predicted octanol–water partition coefficient (Wildman–Crippen LogP) is 5.04. The summed E-state index contributed by atoms with van der Waals surface area (Å²) in [7, 11) is 0. The summed E-state index contributed by atoms with van der Waals surface area (Å²) in [5.41, 5.74) is 7.57. The molecule has 0 aliphatic rings. The van der Waals surface area contributed by atoms with Gasteiger partial charge in [0.1, 0.15) is 0 Å². The number of pyridine rings is 1. The summed E-state index contributed by atoms with van der Waals surface area (Å²) in [4.78, 5) is 4.68. The molecule has 0 bridgehead atoms. The molecule has 0 spiro atoms. The summed E-state index contributed by atoms with van der Waals surface area (Å²) in [6, 6.07) is 10.8. The van der Waals surface area contributed by atoms with E-state index in [9.17, 15) is 0 Å². The molecule has 21 heavy (non-hydrogen) atoms. The number of benzene rings is 1. The van der Waals surface area contributed by atoms with Crippen molar-refractivity contribution in [2.75, 3.05) is 0 Å². The second kappa shape index (κ2) is 5.36. The lowest BCUT2D eigenvalue weighted by atomic mass is 10.1. The average Bonchev–Trinajstić information content (AvgIpc) is 2.74. The third kappa shape index (κ3) is 2.25. The molecule has 2 heteroatoms. The summed E-state index contributed by atoms with van der Waals surface area (Å²) in [6.07, 6.45) is 3.06. The van der Waals surface area contributed by atoms with Gasteiger partial charge in [-0.25, -0.2) is 0 Å². The van der Waals surface area contributed by atoms with Crippen LogP contribution in [0.1, 0.15) is 30.2 Å². The molecule has 2 aromatic heterocycles. The van der Waals surface area contributed by atoms with Crippen molar-refractivity contribution in [1.29, 1.82) is 0 Å². The predicted molar refractivity (Wildman–Crippen MR) is 89.7 cm³/mol. The van der Waals surface area contributed by atoms with E-state index in [2.05, 4.69) is 67.6 Å².